The summed E-state index contributed by atoms with van der Waals surface area (Å²) in [4.78, 5) is 16.5. The number of nitrogens with zero attached hydrogens (tertiary/aromatic N) is 4. The monoisotopic (exact) mass is 372 g/mol. The predicted molar refractivity (Wildman–Crippen MR) is 96.3 cm³/mol. The minimum atomic E-state index is -0.541. The third-order valence-electron chi connectivity index (χ3n) is 3.67. The number of carbonyl (C=O) groups is 1. The molecule has 0 spiro atoms. The van der Waals surface area contributed by atoms with Crippen molar-refractivity contribution in [2.45, 2.75) is 13.5 Å². The Kier molecular flexibility index (Phi) is 5.48. The highest BCUT2D eigenvalue weighted by Crippen LogP contribution is 2.23. The molecule has 2 heterocycles. The minimum Gasteiger partial charge on any atom is -0.497 e. The molecule has 26 heavy (non-hydrogen) atoms. The van der Waals surface area contributed by atoms with E-state index in [9.17, 15) is 4.79 Å². The molecule has 8 heteroatoms. The van der Waals surface area contributed by atoms with Crippen molar-refractivity contribution in [1.82, 2.24) is 20.0 Å². The Bertz CT molecular complexity index is 892. The molecule has 0 unspecified atom stereocenters. The van der Waals surface area contributed by atoms with Crippen LogP contribution < -0.4 is 4.74 Å². The second kappa shape index (κ2) is 7.97. The molecule has 0 atom stereocenters. The fourth-order valence-electron chi connectivity index (χ4n) is 2.43. The SMILES string of the molecule is CCOC(=O)c1nnn(Cc2ccc(OC)cc2)c1-c1ccc(Cl)cn1. The standard InChI is InChI=1S/C18H17ClN4O3/c1-3-26-18(24)16-17(15-9-6-13(19)10-20-15)23(22-21-16)11-12-4-7-14(25-2)8-5-12/h4-10H,3,11H2,1-2H3. The number of methoxy groups -OCH3 is 1. The van der Waals surface area contributed by atoms with Gasteiger partial charge in [0.15, 0.2) is 5.69 Å². The number of ether oxygens (including phenoxy) is 2. The molecule has 2 aromatic heterocycles. The van der Waals surface area contributed by atoms with Crippen LogP contribution in [0, 0.1) is 0 Å². The molecule has 0 N–H and O–H groups in total. The second-order valence-electron chi connectivity index (χ2n) is 5.37. The van der Waals surface area contributed by atoms with Crippen LogP contribution in [0.15, 0.2) is 42.6 Å². The highest BCUT2D eigenvalue weighted by atomic mass is 35.5. The number of carbonyl (C=O) groups excluding carboxylic acids is 1. The van der Waals surface area contributed by atoms with Gasteiger partial charge in [0.1, 0.15) is 11.4 Å². The molecule has 7 nitrogen and oxygen atoms in total. The van der Waals surface area contributed by atoms with E-state index in [1.54, 1.807) is 30.8 Å². The Morgan fingerprint density at radius 3 is 2.58 bits per heavy atom. The Morgan fingerprint density at radius 1 is 1.19 bits per heavy atom. The summed E-state index contributed by atoms with van der Waals surface area (Å²) >= 11 is 5.92. The van der Waals surface area contributed by atoms with Crippen molar-refractivity contribution >= 4 is 17.6 Å². The summed E-state index contributed by atoms with van der Waals surface area (Å²) in [7, 11) is 1.61. The van der Waals surface area contributed by atoms with Crippen LogP contribution in [0.2, 0.25) is 5.02 Å². The van der Waals surface area contributed by atoms with Crippen molar-refractivity contribution in [3.8, 4) is 17.1 Å². The van der Waals surface area contributed by atoms with E-state index in [4.69, 9.17) is 21.1 Å². The van der Waals surface area contributed by atoms with Crippen LogP contribution in [0.4, 0.5) is 0 Å². The number of pyridine rings is 1. The fourth-order valence-corrected chi connectivity index (χ4v) is 2.55. The van der Waals surface area contributed by atoms with Crippen molar-refractivity contribution in [3.63, 3.8) is 0 Å². The Balaban J connectivity index is 2.00. The summed E-state index contributed by atoms with van der Waals surface area (Å²) in [6.07, 6.45) is 1.51. The van der Waals surface area contributed by atoms with E-state index >= 15 is 0 Å². The molecular weight excluding hydrogens is 356 g/mol. The smallest absolute Gasteiger partial charge is 0.361 e. The van der Waals surface area contributed by atoms with Gasteiger partial charge in [-0.2, -0.15) is 0 Å². The average molecular weight is 373 g/mol. The second-order valence-corrected chi connectivity index (χ2v) is 5.81. The first-order valence-electron chi connectivity index (χ1n) is 7.97. The normalized spacial score (nSPS) is 10.6. The average Bonchev–Trinajstić information content (AvgIpc) is 3.07. The molecule has 0 aliphatic heterocycles. The fraction of sp³-hybridized carbons (Fsp3) is 0.222. The van der Waals surface area contributed by atoms with Crippen LogP contribution in [0.3, 0.4) is 0 Å². The van der Waals surface area contributed by atoms with Gasteiger partial charge in [-0.25, -0.2) is 9.48 Å². The van der Waals surface area contributed by atoms with E-state index in [-0.39, 0.29) is 12.3 Å². The molecule has 0 radical (unpaired) electrons. The van der Waals surface area contributed by atoms with Crippen molar-refractivity contribution in [3.05, 3.63) is 58.9 Å². The number of hydrogen-bond donors (Lipinski definition) is 0. The molecule has 0 aliphatic rings. The number of halogens is 1. The third-order valence-corrected chi connectivity index (χ3v) is 3.89. The summed E-state index contributed by atoms with van der Waals surface area (Å²) < 4.78 is 11.9. The summed E-state index contributed by atoms with van der Waals surface area (Å²) in [5.74, 6) is 0.222. The zero-order valence-corrected chi connectivity index (χ0v) is 15.1. The summed E-state index contributed by atoms with van der Waals surface area (Å²) in [5.41, 5.74) is 2.11. The molecule has 0 aliphatic carbocycles. The molecule has 0 amide bonds. The Labute approximate surface area is 155 Å². The maximum atomic E-state index is 12.2. The van der Waals surface area contributed by atoms with E-state index in [1.807, 2.05) is 24.3 Å². The number of rotatable bonds is 6. The number of aromatic nitrogens is 4. The van der Waals surface area contributed by atoms with Gasteiger partial charge >= 0.3 is 5.97 Å². The van der Waals surface area contributed by atoms with E-state index in [0.29, 0.717) is 23.0 Å². The van der Waals surface area contributed by atoms with Gasteiger partial charge in [-0.3, -0.25) is 4.98 Å². The van der Waals surface area contributed by atoms with Crippen molar-refractivity contribution < 1.29 is 14.3 Å². The molecule has 0 fully saturated rings. The lowest BCUT2D eigenvalue weighted by atomic mass is 10.2. The quantitative estimate of drug-likeness (QED) is 0.618. The van der Waals surface area contributed by atoms with Crippen LogP contribution in [-0.2, 0) is 11.3 Å². The first-order valence-corrected chi connectivity index (χ1v) is 8.35. The van der Waals surface area contributed by atoms with Crippen LogP contribution in [0.1, 0.15) is 23.0 Å². The van der Waals surface area contributed by atoms with E-state index in [0.717, 1.165) is 11.3 Å². The van der Waals surface area contributed by atoms with Crippen molar-refractivity contribution in [1.29, 1.82) is 0 Å². The molecule has 0 saturated carbocycles. The van der Waals surface area contributed by atoms with Crippen molar-refractivity contribution in [2.75, 3.05) is 13.7 Å². The lowest BCUT2D eigenvalue weighted by Crippen LogP contribution is -2.09. The number of hydrogen-bond acceptors (Lipinski definition) is 6. The predicted octanol–water partition coefficient (Wildman–Crippen LogP) is 3.23. The van der Waals surface area contributed by atoms with Gasteiger partial charge in [0.2, 0.25) is 0 Å². The molecule has 134 valence electrons. The van der Waals surface area contributed by atoms with Crippen LogP contribution >= 0.6 is 11.6 Å². The van der Waals surface area contributed by atoms with Gasteiger partial charge in [0.25, 0.3) is 0 Å². The van der Waals surface area contributed by atoms with Gasteiger partial charge in [0, 0.05) is 6.20 Å². The Hall–Kier alpha value is -2.93. The highest BCUT2D eigenvalue weighted by Gasteiger charge is 2.23. The highest BCUT2D eigenvalue weighted by molar-refractivity contribution is 6.30. The zero-order valence-electron chi connectivity index (χ0n) is 14.3. The maximum absolute atomic E-state index is 12.2. The van der Waals surface area contributed by atoms with Crippen LogP contribution in [-0.4, -0.2) is 39.7 Å². The van der Waals surface area contributed by atoms with E-state index in [1.165, 1.54) is 6.20 Å². The summed E-state index contributed by atoms with van der Waals surface area (Å²) in [5, 5.41) is 8.62. The van der Waals surface area contributed by atoms with Crippen molar-refractivity contribution in [2.24, 2.45) is 0 Å². The summed E-state index contributed by atoms with van der Waals surface area (Å²) in [6.45, 7) is 2.40. The molecular formula is C18H17ClN4O3. The Morgan fingerprint density at radius 2 is 1.96 bits per heavy atom. The minimum absolute atomic E-state index is 0.121. The first-order chi connectivity index (χ1) is 12.6. The largest absolute Gasteiger partial charge is 0.497 e. The number of benzene rings is 1. The number of esters is 1. The third kappa shape index (κ3) is 3.83. The van der Waals surface area contributed by atoms with Gasteiger partial charge in [-0.05, 0) is 36.8 Å². The first kappa shape index (κ1) is 17.9. The van der Waals surface area contributed by atoms with E-state index < -0.39 is 5.97 Å². The lowest BCUT2D eigenvalue weighted by molar-refractivity contribution is 0.0520. The molecule has 0 saturated heterocycles. The van der Waals surface area contributed by atoms with Gasteiger partial charge in [0.05, 0.1) is 31.0 Å². The van der Waals surface area contributed by atoms with E-state index in [2.05, 4.69) is 15.3 Å². The van der Waals surface area contributed by atoms with Crippen LogP contribution in [0.5, 0.6) is 5.75 Å². The van der Waals surface area contributed by atoms with Gasteiger partial charge in [-0.1, -0.05) is 28.9 Å². The maximum Gasteiger partial charge on any atom is 0.361 e. The van der Waals surface area contributed by atoms with Crippen LogP contribution in [0.25, 0.3) is 11.4 Å². The zero-order chi connectivity index (χ0) is 18.5. The topological polar surface area (TPSA) is 79.1 Å². The molecule has 3 aromatic rings. The van der Waals surface area contributed by atoms with Gasteiger partial charge < -0.3 is 9.47 Å². The molecule has 3 rings (SSSR count). The summed E-state index contributed by atoms with van der Waals surface area (Å²) in [6, 6.07) is 11.0. The van der Waals surface area contributed by atoms with Gasteiger partial charge in [-0.15, -0.1) is 5.10 Å². The lowest BCUT2D eigenvalue weighted by Gasteiger charge is -2.08. The molecule has 1 aromatic carbocycles. The molecule has 0 bridgehead atoms.